The van der Waals surface area contributed by atoms with Gasteiger partial charge in [0.15, 0.2) is 0 Å². The summed E-state index contributed by atoms with van der Waals surface area (Å²) in [5, 5.41) is 21.0. The minimum Gasteiger partial charge on any atom is -0.460 e. The Balaban J connectivity index is 1.36. The SMILES string of the molecule is C[C@]1(O)CC2(CCN(Cc3ccc(-c4cccc(Cl)c4)o3)CC2)OC[C@@H]1O. The van der Waals surface area contributed by atoms with Crippen LogP contribution in [-0.4, -0.2) is 52.1 Å². The topological polar surface area (TPSA) is 66.1 Å². The number of aliphatic hydroxyl groups excluding tert-OH is 1. The lowest BCUT2D eigenvalue weighted by atomic mass is 9.76. The monoisotopic (exact) mass is 391 g/mol. The zero-order valence-corrected chi connectivity index (χ0v) is 16.3. The molecule has 0 radical (unpaired) electrons. The number of hydrogen-bond donors (Lipinski definition) is 2. The highest BCUT2D eigenvalue weighted by Gasteiger charge is 2.48. The molecule has 4 rings (SSSR count). The van der Waals surface area contributed by atoms with Crippen LogP contribution in [0.1, 0.15) is 31.9 Å². The van der Waals surface area contributed by atoms with E-state index in [1.165, 1.54) is 0 Å². The summed E-state index contributed by atoms with van der Waals surface area (Å²) in [5.74, 6) is 1.74. The summed E-state index contributed by atoms with van der Waals surface area (Å²) in [6, 6.07) is 11.6. The van der Waals surface area contributed by atoms with Crippen LogP contribution < -0.4 is 0 Å². The molecule has 1 aromatic carbocycles. The third-order valence-electron chi connectivity index (χ3n) is 5.86. The first-order chi connectivity index (χ1) is 12.9. The van der Waals surface area contributed by atoms with Crippen molar-refractivity contribution in [3.8, 4) is 11.3 Å². The molecule has 0 aliphatic carbocycles. The Morgan fingerprint density at radius 2 is 2.00 bits per heavy atom. The summed E-state index contributed by atoms with van der Waals surface area (Å²) >= 11 is 6.06. The zero-order chi connectivity index (χ0) is 19.1. The van der Waals surface area contributed by atoms with Crippen LogP contribution in [0, 0.1) is 0 Å². The Kier molecular flexibility index (Phi) is 5.08. The fraction of sp³-hybridized carbons (Fsp3) is 0.524. The van der Waals surface area contributed by atoms with Crippen LogP contribution in [0.25, 0.3) is 11.3 Å². The summed E-state index contributed by atoms with van der Waals surface area (Å²) in [4.78, 5) is 2.34. The van der Waals surface area contributed by atoms with Gasteiger partial charge in [-0.25, -0.2) is 0 Å². The molecule has 0 unspecified atom stereocenters. The second-order valence-electron chi connectivity index (χ2n) is 8.10. The summed E-state index contributed by atoms with van der Waals surface area (Å²) in [7, 11) is 0. The minimum atomic E-state index is -1.08. The Morgan fingerprint density at radius 1 is 1.22 bits per heavy atom. The van der Waals surface area contributed by atoms with E-state index in [-0.39, 0.29) is 12.2 Å². The van der Waals surface area contributed by atoms with Crippen molar-refractivity contribution in [1.82, 2.24) is 4.90 Å². The first-order valence-electron chi connectivity index (χ1n) is 9.47. The molecule has 146 valence electrons. The Hall–Kier alpha value is -1.37. The fourth-order valence-electron chi connectivity index (χ4n) is 4.18. The number of furan rings is 1. The molecule has 0 saturated carbocycles. The van der Waals surface area contributed by atoms with Gasteiger partial charge >= 0.3 is 0 Å². The Labute approximate surface area is 164 Å². The molecule has 6 heteroatoms. The molecule has 2 fully saturated rings. The number of nitrogens with zero attached hydrogens (tertiary/aromatic N) is 1. The van der Waals surface area contributed by atoms with Gasteiger partial charge < -0.3 is 19.4 Å². The molecule has 3 heterocycles. The first-order valence-corrected chi connectivity index (χ1v) is 9.85. The quantitative estimate of drug-likeness (QED) is 0.838. The molecule has 0 amide bonds. The highest BCUT2D eigenvalue weighted by atomic mass is 35.5. The third-order valence-corrected chi connectivity index (χ3v) is 6.10. The number of ether oxygens (including phenoxy) is 1. The molecule has 1 spiro atoms. The number of hydrogen-bond acceptors (Lipinski definition) is 5. The average Bonchev–Trinajstić information content (AvgIpc) is 3.09. The van der Waals surface area contributed by atoms with Crippen molar-refractivity contribution >= 4 is 11.6 Å². The lowest BCUT2D eigenvalue weighted by Gasteiger charge is -2.49. The molecule has 5 nitrogen and oxygen atoms in total. The van der Waals surface area contributed by atoms with E-state index >= 15 is 0 Å². The highest BCUT2D eigenvalue weighted by Crippen LogP contribution is 2.39. The fourth-order valence-corrected chi connectivity index (χ4v) is 4.37. The number of halogens is 1. The van der Waals surface area contributed by atoms with Gasteiger partial charge in [-0.15, -0.1) is 0 Å². The van der Waals surface area contributed by atoms with Crippen molar-refractivity contribution in [2.75, 3.05) is 19.7 Å². The van der Waals surface area contributed by atoms with Crippen LogP contribution in [-0.2, 0) is 11.3 Å². The second kappa shape index (κ2) is 7.22. The maximum absolute atomic E-state index is 10.4. The molecule has 2 atom stereocenters. The smallest absolute Gasteiger partial charge is 0.134 e. The Morgan fingerprint density at radius 3 is 2.70 bits per heavy atom. The standard InChI is InChI=1S/C21H26ClNO4/c1-20(25)14-21(26-13-19(20)24)7-9-23(10-8-21)12-17-5-6-18(27-17)15-3-2-4-16(22)11-15/h2-6,11,19,24-25H,7-10,12-14H2,1H3/t19-,20-/m0/s1. The number of benzene rings is 1. The van der Waals surface area contributed by atoms with Gasteiger partial charge in [-0.1, -0.05) is 23.7 Å². The van der Waals surface area contributed by atoms with Crippen molar-refractivity contribution in [2.45, 2.75) is 50.0 Å². The predicted octanol–water partition coefficient (Wildman–Crippen LogP) is 3.47. The van der Waals surface area contributed by atoms with Crippen molar-refractivity contribution < 1.29 is 19.4 Å². The van der Waals surface area contributed by atoms with Crippen LogP contribution in [0.3, 0.4) is 0 Å². The predicted molar refractivity (Wildman–Crippen MR) is 104 cm³/mol. The molecule has 1 aromatic heterocycles. The van der Waals surface area contributed by atoms with Crippen molar-refractivity contribution in [3.05, 3.63) is 47.2 Å². The summed E-state index contributed by atoms with van der Waals surface area (Å²) in [5.41, 5.74) is -0.426. The van der Waals surface area contributed by atoms with Crippen LogP contribution in [0.4, 0.5) is 0 Å². The maximum Gasteiger partial charge on any atom is 0.134 e. The van der Waals surface area contributed by atoms with Crippen LogP contribution in [0.5, 0.6) is 0 Å². The van der Waals surface area contributed by atoms with Gasteiger partial charge in [0, 0.05) is 30.1 Å². The number of rotatable bonds is 3. The molecular weight excluding hydrogens is 366 g/mol. The highest BCUT2D eigenvalue weighted by molar-refractivity contribution is 6.30. The van der Waals surface area contributed by atoms with Gasteiger partial charge in [0.05, 0.1) is 24.4 Å². The number of likely N-dealkylation sites (tertiary alicyclic amines) is 1. The summed E-state index contributed by atoms with van der Waals surface area (Å²) < 4.78 is 12.0. The lowest BCUT2D eigenvalue weighted by Crippen LogP contribution is -2.59. The van der Waals surface area contributed by atoms with Gasteiger partial charge in [0.2, 0.25) is 0 Å². The first kappa shape index (κ1) is 19.0. The lowest BCUT2D eigenvalue weighted by molar-refractivity contribution is -0.223. The molecule has 0 bridgehead atoms. The van der Waals surface area contributed by atoms with Gasteiger partial charge in [0.25, 0.3) is 0 Å². The van der Waals surface area contributed by atoms with Crippen LogP contribution in [0.2, 0.25) is 5.02 Å². The Bertz CT molecular complexity index is 795. The van der Waals surface area contributed by atoms with Crippen molar-refractivity contribution in [3.63, 3.8) is 0 Å². The van der Waals surface area contributed by atoms with Crippen molar-refractivity contribution in [1.29, 1.82) is 0 Å². The second-order valence-corrected chi connectivity index (χ2v) is 8.53. The largest absolute Gasteiger partial charge is 0.460 e. The van der Waals surface area contributed by atoms with E-state index in [1.54, 1.807) is 6.92 Å². The minimum absolute atomic E-state index is 0.203. The van der Waals surface area contributed by atoms with E-state index in [0.29, 0.717) is 11.4 Å². The van der Waals surface area contributed by atoms with Crippen LogP contribution in [0.15, 0.2) is 40.8 Å². The van der Waals surface area contributed by atoms with Gasteiger partial charge in [-0.2, -0.15) is 0 Å². The number of piperidine rings is 1. The molecule has 2 aromatic rings. The average molecular weight is 392 g/mol. The van der Waals surface area contributed by atoms with Crippen LogP contribution >= 0.6 is 11.6 Å². The molecule has 27 heavy (non-hydrogen) atoms. The van der Waals surface area contributed by atoms with E-state index < -0.39 is 11.7 Å². The third kappa shape index (κ3) is 4.08. The molecule has 2 N–H and O–H groups in total. The van der Waals surface area contributed by atoms with Gasteiger partial charge in [-0.3, -0.25) is 4.90 Å². The molecule has 2 aliphatic rings. The maximum atomic E-state index is 10.4. The van der Waals surface area contributed by atoms with Gasteiger partial charge in [0.1, 0.15) is 17.6 Å². The van der Waals surface area contributed by atoms with E-state index in [4.69, 9.17) is 20.8 Å². The van der Waals surface area contributed by atoms with Crippen molar-refractivity contribution in [2.24, 2.45) is 0 Å². The van der Waals surface area contributed by atoms with E-state index in [1.807, 2.05) is 36.4 Å². The van der Waals surface area contributed by atoms with Gasteiger partial charge in [-0.05, 0) is 44.0 Å². The molecular formula is C21H26ClNO4. The van der Waals surface area contributed by atoms with E-state index in [9.17, 15) is 10.2 Å². The summed E-state index contributed by atoms with van der Waals surface area (Å²) in [6.07, 6.45) is 1.36. The zero-order valence-electron chi connectivity index (χ0n) is 15.5. The van der Waals surface area contributed by atoms with E-state index in [2.05, 4.69) is 4.90 Å². The molecule has 2 aliphatic heterocycles. The number of aliphatic hydroxyl groups is 2. The molecule has 2 saturated heterocycles. The normalized spacial score (nSPS) is 28.5. The van der Waals surface area contributed by atoms with E-state index in [0.717, 1.165) is 49.6 Å². The summed E-state index contributed by atoms with van der Waals surface area (Å²) in [6.45, 7) is 4.40.